The number of aliphatic hydroxyl groups excluding tert-OH is 1. The Labute approximate surface area is 92.1 Å². The third kappa shape index (κ3) is 4.09. The fourth-order valence-corrected chi connectivity index (χ4v) is 2.66. The van der Waals surface area contributed by atoms with Gasteiger partial charge in [0.05, 0.1) is 11.9 Å². The summed E-state index contributed by atoms with van der Waals surface area (Å²) in [6.45, 7) is 3.18. The Bertz CT molecular complexity index is 285. The molecule has 1 rings (SSSR count). The fourth-order valence-electron chi connectivity index (χ4n) is 1.50. The van der Waals surface area contributed by atoms with Crippen LogP contribution in [0.15, 0.2) is 0 Å². The van der Waals surface area contributed by atoms with Crippen LogP contribution in [0.4, 0.5) is 0 Å². The number of rotatable bonds is 7. The molecule has 0 amide bonds. The van der Waals surface area contributed by atoms with E-state index >= 15 is 0 Å². The monoisotopic (exact) mass is 235 g/mol. The van der Waals surface area contributed by atoms with E-state index in [4.69, 9.17) is 5.11 Å². The fraction of sp³-hybridized carbons (Fsp3) is 1.00. The van der Waals surface area contributed by atoms with E-state index in [1.165, 1.54) is 19.8 Å². The molecule has 1 aliphatic carbocycles. The van der Waals surface area contributed by atoms with Gasteiger partial charge in [-0.05, 0) is 25.7 Å². The first-order chi connectivity index (χ1) is 6.99. The van der Waals surface area contributed by atoms with Gasteiger partial charge in [0, 0.05) is 6.04 Å². The first kappa shape index (κ1) is 12.9. The molecule has 0 aromatic heterocycles. The first-order valence-electron chi connectivity index (χ1n) is 5.61. The highest BCUT2D eigenvalue weighted by Gasteiger charge is 2.28. The zero-order valence-corrected chi connectivity index (χ0v) is 10.3. The maximum atomic E-state index is 11.7. The summed E-state index contributed by atoms with van der Waals surface area (Å²) in [7, 11) is -3.34. The number of sulfonamides is 1. The number of aliphatic hydroxyl groups is 1. The predicted molar refractivity (Wildman–Crippen MR) is 60.0 cm³/mol. The van der Waals surface area contributed by atoms with Crippen molar-refractivity contribution < 1.29 is 13.5 Å². The highest BCUT2D eigenvalue weighted by molar-refractivity contribution is 7.90. The Morgan fingerprint density at radius 3 is 2.47 bits per heavy atom. The van der Waals surface area contributed by atoms with Crippen molar-refractivity contribution in [2.24, 2.45) is 5.92 Å². The van der Waals surface area contributed by atoms with Crippen LogP contribution in [0.3, 0.4) is 0 Å². The highest BCUT2D eigenvalue weighted by atomic mass is 32.2. The van der Waals surface area contributed by atoms with Crippen molar-refractivity contribution >= 4 is 10.0 Å². The molecule has 1 saturated carbocycles. The van der Waals surface area contributed by atoms with Gasteiger partial charge < -0.3 is 5.11 Å². The Balaban J connectivity index is 2.48. The average molecular weight is 235 g/mol. The summed E-state index contributed by atoms with van der Waals surface area (Å²) in [6.07, 6.45) is 4.21. The summed E-state index contributed by atoms with van der Waals surface area (Å²) in [5, 5.41) is 8.11. The number of nitrogens with one attached hydrogen (secondary N) is 1. The van der Waals surface area contributed by atoms with E-state index in [0.29, 0.717) is 5.92 Å². The molecule has 1 aliphatic rings. The molecule has 0 aromatic rings. The smallest absolute Gasteiger partial charge is 0.216 e. The molecule has 15 heavy (non-hydrogen) atoms. The van der Waals surface area contributed by atoms with E-state index in [1.807, 2.05) is 6.92 Å². The van der Waals surface area contributed by atoms with Gasteiger partial charge in [-0.2, -0.15) is 0 Å². The van der Waals surface area contributed by atoms with Gasteiger partial charge in [0.1, 0.15) is 0 Å². The Morgan fingerprint density at radius 1 is 1.47 bits per heavy atom. The lowest BCUT2D eigenvalue weighted by atomic mass is 10.1. The molecule has 0 heterocycles. The van der Waals surface area contributed by atoms with Gasteiger partial charge in [-0.3, -0.25) is 0 Å². The van der Waals surface area contributed by atoms with Crippen molar-refractivity contribution in [3.63, 3.8) is 0 Å². The van der Waals surface area contributed by atoms with Crippen LogP contribution in [0.5, 0.6) is 0 Å². The molecule has 0 aromatic carbocycles. The minimum atomic E-state index is -3.34. The van der Waals surface area contributed by atoms with E-state index in [1.54, 1.807) is 0 Å². The van der Waals surface area contributed by atoms with Crippen LogP contribution in [-0.2, 0) is 10.0 Å². The maximum Gasteiger partial charge on any atom is 0.216 e. The van der Waals surface area contributed by atoms with Crippen LogP contribution in [0, 0.1) is 5.92 Å². The molecule has 0 bridgehead atoms. The lowest BCUT2D eigenvalue weighted by molar-refractivity contribution is 0.294. The maximum absolute atomic E-state index is 11.7. The lowest BCUT2D eigenvalue weighted by Crippen LogP contribution is -2.41. The second kappa shape index (κ2) is 5.27. The normalized spacial score (nSPS) is 21.3. The predicted octanol–water partition coefficient (Wildman–Crippen LogP) is 0.865. The van der Waals surface area contributed by atoms with Crippen molar-refractivity contribution in [2.75, 3.05) is 6.61 Å². The van der Waals surface area contributed by atoms with Gasteiger partial charge in [-0.1, -0.05) is 19.8 Å². The molecule has 2 unspecified atom stereocenters. The van der Waals surface area contributed by atoms with Crippen molar-refractivity contribution in [3.05, 3.63) is 0 Å². The van der Waals surface area contributed by atoms with Gasteiger partial charge in [-0.15, -0.1) is 0 Å². The third-order valence-electron chi connectivity index (χ3n) is 2.93. The topological polar surface area (TPSA) is 66.4 Å². The van der Waals surface area contributed by atoms with E-state index < -0.39 is 15.3 Å². The molecule has 0 radical (unpaired) electrons. The molecular formula is C10H21NO3S. The van der Waals surface area contributed by atoms with Crippen molar-refractivity contribution in [2.45, 2.75) is 50.8 Å². The first-order valence-corrected chi connectivity index (χ1v) is 7.16. The van der Waals surface area contributed by atoms with Crippen LogP contribution in [0.25, 0.3) is 0 Å². The Hall–Kier alpha value is -0.130. The molecule has 90 valence electrons. The summed E-state index contributed by atoms with van der Waals surface area (Å²) in [4.78, 5) is 0. The minimum absolute atomic E-state index is 0.0384. The quantitative estimate of drug-likeness (QED) is 0.688. The van der Waals surface area contributed by atoms with Crippen molar-refractivity contribution in [3.8, 4) is 0 Å². The zero-order valence-electron chi connectivity index (χ0n) is 9.44. The van der Waals surface area contributed by atoms with Crippen LogP contribution in [-0.4, -0.2) is 31.4 Å². The van der Waals surface area contributed by atoms with Crippen LogP contribution < -0.4 is 4.72 Å². The molecule has 0 aliphatic heterocycles. The molecule has 0 spiro atoms. The molecule has 4 nitrogen and oxygen atoms in total. The second-order valence-corrected chi connectivity index (χ2v) is 6.57. The van der Waals surface area contributed by atoms with Gasteiger partial charge in [0.25, 0.3) is 0 Å². The van der Waals surface area contributed by atoms with Crippen molar-refractivity contribution in [1.82, 2.24) is 4.72 Å². The van der Waals surface area contributed by atoms with Crippen LogP contribution >= 0.6 is 0 Å². The molecule has 0 saturated heterocycles. The average Bonchev–Trinajstić information content (AvgIpc) is 2.98. The third-order valence-corrected chi connectivity index (χ3v) is 4.80. The minimum Gasteiger partial charge on any atom is -0.395 e. The van der Waals surface area contributed by atoms with E-state index in [0.717, 1.165) is 12.8 Å². The van der Waals surface area contributed by atoms with Crippen LogP contribution in [0.1, 0.15) is 39.5 Å². The standard InChI is InChI=1S/C10H21NO3S/c1-3-10(6-9-4-5-9)11-15(13,14)8(2)7-12/h8-12H,3-7H2,1-2H3. The largest absolute Gasteiger partial charge is 0.395 e. The van der Waals surface area contributed by atoms with E-state index in [9.17, 15) is 8.42 Å². The molecule has 1 fully saturated rings. The molecule has 5 heteroatoms. The van der Waals surface area contributed by atoms with Gasteiger partial charge in [-0.25, -0.2) is 13.1 Å². The zero-order chi connectivity index (χ0) is 11.5. The van der Waals surface area contributed by atoms with Gasteiger partial charge in [0.15, 0.2) is 0 Å². The number of hydrogen-bond donors (Lipinski definition) is 2. The summed E-state index contributed by atoms with van der Waals surface area (Å²) >= 11 is 0. The number of hydrogen-bond acceptors (Lipinski definition) is 3. The molecule has 2 atom stereocenters. The van der Waals surface area contributed by atoms with Gasteiger partial charge >= 0.3 is 0 Å². The van der Waals surface area contributed by atoms with Crippen molar-refractivity contribution in [1.29, 1.82) is 0 Å². The molecule has 2 N–H and O–H groups in total. The summed E-state index contributed by atoms with van der Waals surface area (Å²) in [6, 6.07) is 0.0384. The Kier molecular flexibility index (Phi) is 4.55. The van der Waals surface area contributed by atoms with Crippen LogP contribution in [0.2, 0.25) is 0 Å². The highest BCUT2D eigenvalue weighted by Crippen LogP contribution is 2.34. The SMILES string of the molecule is CCC(CC1CC1)NS(=O)(=O)C(C)CO. The lowest BCUT2D eigenvalue weighted by Gasteiger charge is -2.19. The summed E-state index contributed by atoms with van der Waals surface area (Å²) < 4.78 is 26.0. The second-order valence-electron chi connectivity index (χ2n) is 4.44. The van der Waals surface area contributed by atoms with E-state index in [-0.39, 0.29) is 12.6 Å². The van der Waals surface area contributed by atoms with Gasteiger partial charge in [0.2, 0.25) is 10.0 Å². The molecular weight excluding hydrogens is 214 g/mol. The summed E-state index contributed by atoms with van der Waals surface area (Å²) in [5.74, 6) is 0.710. The Morgan fingerprint density at radius 2 is 2.07 bits per heavy atom. The summed E-state index contributed by atoms with van der Waals surface area (Å²) in [5.41, 5.74) is 0. The van der Waals surface area contributed by atoms with E-state index in [2.05, 4.69) is 4.72 Å².